The van der Waals surface area contributed by atoms with E-state index in [1.807, 2.05) is 25.6 Å². The van der Waals surface area contributed by atoms with Crippen molar-refractivity contribution in [1.82, 2.24) is 4.57 Å². The zero-order chi connectivity index (χ0) is 22.5. The van der Waals surface area contributed by atoms with E-state index in [-0.39, 0.29) is 19.5 Å². The molecule has 2 aromatic rings. The quantitative estimate of drug-likeness (QED) is 0.316. The number of aryl methyl sites for hydroxylation is 4. The molecule has 30 heavy (non-hydrogen) atoms. The van der Waals surface area contributed by atoms with Crippen LogP contribution in [0.15, 0.2) is 6.07 Å². The van der Waals surface area contributed by atoms with Crippen LogP contribution in [0, 0.1) is 27.7 Å². The molecule has 0 atom stereocenters. The molecule has 0 unspecified atom stereocenters. The Labute approximate surface area is 194 Å². The first-order chi connectivity index (χ1) is 14.4. The van der Waals surface area contributed by atoms with Gasteiger partial charge in [0.15, 0.2) is 19.5 Å². The molecule has 0 radical (unpaired) electrons. The summed E-state index contributed by atoms with van der Waals surface area (Å²) in [5, 5.41) is 0. The predicted molar refractivity (Wildman–Crippen MR) is 140 cm³/mol. The monoisotopic (exact) mass is 467 g/mol. The van der Waals surface area contributed by atoms with E-state index < -0.39 is 0 Å². The summed E-state index contributed by atoms with van der Waals surface area (Å²) in [5.74, 6) is 0. The van der Waals surface area contributed by atoms with Gasteiger partial charge in [-0.15, -0.1) is 11.3 Å². The molecule has 2 aromatic heterocycles. The van der Waals surface area contributed by atoms with Gasteiger partial charge < -0.3 is 13.4 Å². The van der Waals surface area contributed by atoms with Crippen molar-refractivity contribution in [2.45, 2.75) is 92.3 Å². The van der Waals surface area contributed by atoms with Crippen molar-refractivity contribution in [2.75, 3.05) is 14.2 Å². The number of nitrogens with zero attached hydrogens (tertiary/aromatic N) is 1. The van der Waals surface area contributed by atoms with Crippen LogP contribution in [0.25, 0.3) is 0 Å². The van der Waals surface area contributed by atoms with Gasteiger partial charge in [0.05, 0.1) is 0 Å². The van der Waals surface area contributed by atoms with Crippen LogP contribution in [0.3, 0.4) is 0 Å². The maximum absolute atomic E-state index is 5.21. The van der Waals surface area contributed by atoms with E-state index in [0.29, 0.717) is 0 Å². The number of hydrogen-bond donors (Lipinski definition) is 0. The van der Waals surface area contributed by atoms with Gasteiger partial charge in [-0.2, -0.15) is 0 Å². The first kappa shape index (κ1) is 27.4. The smallest absolute Gasteiger partial charge is 0.161 e. The van der Waals surface area contributed by atoms with Gasteiger partial charge in [-0.25, -0.2) is 0 Å². The third-order valence-corrected chi connectivity index (χ3v) is 9.44. The SMILES string of the molecule is CCc1c(C)sc(C)c1CCC[SiH2]OC.CCc1cc(C)n(CCC[SiH2]OC)c1C. The Morgan fingerprint density at radius 1 is 0.867 bits per heavy atom. The molecular formula is C24H45NO2SSi2. The minimum Gasteiger partial charge on any atom is -0.427 e. The zero-order valence-corrected chi connectivity index (χ0v) is 24.5. The summed E-state index contributed by atoms with van der Waals surface area (Å²) in [6, 6.07) is 4.92. The summed E-state index contributed by atoms with van der Waals surface area (Å²) in [6.07, 6.45) is 6.17. The van der Waals surface area contributed by atoms with Gasteiger partial charge in [-0.3, -0.25) is 0 Å². The molecule has 6 heteroatoms. The van der Waals surface area contributed by atoms with Crippen LogP contribution in [0.1, 0.15) is 64.5 Å². The largest absolute Gasteiger partial charge is 0.427 e. The number of aromatic nitrogens is 1. The fourth-order valence-electron chi connectivity index (χ4n) is 4.21. The lowest BCUT2D eigenvalue weighted by molar-refractivity contribution is 0.437. The number of rotatable bonds is 12. The molecule has 172 valence electrons. The van der Waals surface area contributed by atoms with E-state index in [0.717, 1.165) is 13.0 Å². The standard InChI is InChI=1S/C12H23NOSi.C12H22OSSi/c1-5-12-9-10(2)13(11(12)3)7-6-8-15-14-4;1-5-11-9(2)14-10(3)12(11)7-6-8-15-13-4/h9H,5-8,15H2,1-4H3;5-8,15H2,1-4H3. The minimum atomic E-state index is -0.230. The average Bonchev–Trinajstić information content (AvgIpc) is 3.16. The Morgan fingerprint density at radius 3 is 2.00 bits per heavy atom. The third-order valence-electron chi connectivity index (χ3n) is 5.94. The average molecular weight is 468 g/mol. The molecule has 0 aromatic carbocycles. The van der Waals surface area contributed by atoms with E-state index in [1.54, 1.807) is 11.1 Å². The van der Waals surface area contributed by atoms with Crippen LogP contribution in [-0.4, -0.2) is 38.3 Å². The highest BCUT2D eigenvalue weighted by molar-refractivity contribution is 7.12. The van der Waals surface area contributed by atoms with Gasteiger partial charge in [0.25, 0.3) is 0 Å². The highest BCUT2D eigenvalue weighted by Gasteiger charge is 2.10. The van der Waals surface area contributed by atoms with Crippen LogP contribution in [-0.2, 0) is 34.7 Å². The van der Waals surface area contributed by atoms with Gasteiger partial charge in [-0.1, -0.05) is 13.8 Å². The van der Waals surface area contributed by atoms with Gasteiger partial charge in [0.1, 0.15) is 0 Å². The normalized spacial score (nSPS) is 11.7. The lowest BCUT2D eigenvalue weighted by Gasteiger charge is -2.09. The van der Waals surface area contributed by atoms with Gasteiger partial charge in [-0.05, 0) is 94.6 Å². The first-order valence-corrected chi connectivity index (χ1v) is 15.6. The second kappa shape index (κ2) is 15.2. The molecule has 0 aliphatic carbocycles. The Balaban J connectivity index is 0.000000300. The van der Waals surface area contributed by atoms with Gasteiger partial charge >= 0.3 is 0 Å². The van der Waals surface area contributed by atoms with Crippen molar-refractivity contribution in [2.24, 2.45) is 0 Å². The highest BCUT2D eigenvalue weighted by Crippen LogP contribution is 2.29. The molecule has 0 N–H and O–H groups in total. The van der Waals surface area contributed by atoms with Crippen molar-refractivity contribution in [1.29, 1.82) is 0 Å². The van der Waals surface area contributed by atoms with E-state index >= 15 is 0 Å². The fourth-order valence-corrected chi connectivity index (χ4v) is 6.86. The fraction of sp³-hybridized carbons (Fsp3) is 0.667. The molecule has 0 bridgehead atoms. The van der Waals surface area contributed by atoms with Crippen molar-refractivity contribution in [3.05, 3.63) is 43.9 Å². The van der Waals surface area contributed by atoms with Crippen LogP contribution in [0.2, 0.25) is 12.1 Å². The summed E-state index contributed by atoms with van der Waals surface area (Å²) >= 11 is 1.96. The lowest BCUT2D eigenvalue weighted by Crippen LogP contribution is -2.04. The van der Waals surface area contributed by atoms with Crippen molar-refractivity contribution < 1.29 is 8.85 Å². The molecule has 2 rings (SSSR count). The lowest BCUT2D eigenvalue weighted by atomic mass is 10.0. The summed E-state index contributed by atoms with van der Waals surface area (Å²) in [6.45, 7) is 14.6. The molecule has 0 amide bonds. The van der Waals surface area contributed by atoms with E-state index in [4.69, 9.17) is 8.85 Å². The molecule has 0 spiro atoms. The molecule has 3 nitrogen and oxygen atoms in total. The van der Waals surface area contributed by atoms with E-state index in [9.17, 15) is 0 Å². The van der Waals surface area contributed by atoms with Crippen molar-refractivity contribution >= 4 is 30.9 Å². The molecule has 0 aliphatic heterocycles. The topological polar surface area (TPSA) is 23.4 Å². The van der Waals surface area contributed by atoms with Gasteiger partial charge in [0, 0.05) is 41.9 Å². The van der Waals surface area contributed by atoms with Crippen molar-refractivity contribution in [3.8, 4) is 0 Å². The van der Waals surface area contributed by atoms with Crippen LogP contribution < -0.4 is 0 Å². The third kappa shape index (κ3) is 8.46. The second-order valence-corrected chi connectivity index (χ2v) is 12.9. The van der Waals surface area contributed by atoms with E-state index in [1.165, 1.54) is 64.5 Å². The summed E-state index contributed by atoms with van der Waals surface area (Å²) in [5.41, 5.74) is 7.59. The molecule has 0 aliphatic rings. The van der Waals surface area contributed by atoms with Crippen LogP contribution >= 0.6 is 11.3 Å². The van der Waals surface area contributed by atoms with Crippen LogP contribution in [0.5, 0.6) is 0 Å². The van der Waals surface area contributed by atoms with Crippen LogP contribution in [0.4, 0.5) is 0 Å². The Kier molecular flexibility index (Phi) is 13.9. The molecule has 0 fully saturated rings. The first-order valence-electron chi connectivity index (χ1n) is 11.6. The predicted octanol–water partition coefficient (Wildman–Crippen LogP) is 5.21. The number of hydrogen-bond acceptors (Lipinski definition) is 3. The molecule has 0 saturated heterocycles. The van der Waals surface area contributed by atoms with E-state index in [2.05, 4.69) is 52.2 Å². The maximum Gasteiger partial charge on any atom is 0.161 e. The highest BCUT2D eigenvalue weighted by atomic mass is 32.1. The molecular weight excluding hydrogens is 423 g/mol. The molecule has 0 saturated carbocycles. The van der Waals surface area contributed by atoms with Crippen molar-refractivity contribution in [3.63, 3.8) is 0 Å². The minimum absolute atomic E-state index is 0.215. The second-order valence-electron chi connectivity index (χ2n) is 8.08. The molecule has 2 heterocycles. The Hall–Kier alpha value is -0.666. The summed E-state index contributed by atoms with van der Waals surface area (Å²) in [7, 11) is 3.22. The zero-order valence-electron chi connectivity index (χ0n) is 20.8. The van der Waals surface area contributed by atoms with Gasteiger partial charge in [0.2, 0.25) is 0 Å². The Morgan fingerprint density at radius 2 is 1.47 bits per heavy atom. The summed E-state index contributed by atoms with van der Waals surface area (Å²) in [4.78, 5) is 3.05. The Bertz CT molecular complexity index is 740. The number of thiophene rings is 1. The maximum atomic E-state index is 5.21. The summed E-state index contributed by atoms with van der Waals surface area (Å²) < 4.78 is 12.9.